The Hall–Kier alpha value is -4.66. The second-order valence-electron chi connectivity index (χ2n) is 10.2. The van der Waals surface area contributed by atoms with Gasteiger partial charge in [-0.1, -0.05) is 43.2 Å². The van der Waals surface area contributed by atoms with Gasteiger partial charge in [0.15, 0.2) is 0 Å². The van der Waals surface area contributed by atoms with Crippen LogP contribution in [0.2, 0.25) is 0 Å². The normalized spacial score (nSPS) is 12.0. The summed E-state index contributed by atoms with van der Waals surface area (Å²) in [5.41, 5.74) is 3.63. The molecule has 0 bridgehead atoms. The van der Waals surface area contributed by atoms with Gasteiger partial charge in [-0.15, -0.1) is 10.2 Å². The quantitative estimate of drug-likeness (QED) is 0.168. The summed E-state index contributed by atoms with van der Waals surface area (Å²) in [6.07, 6.45) is 3.68. The number of rotatable bonds is 12. The molecule has 41 heavy (non-hydrogen) atoms. The molecular formula is C32H35N5O4. The Kier molecular flexibility index (Phi) is 8.62. The number of unbranched alkanes of at least 4 members (excludes halogenated alkanes) is 2. The summed E-state index contributed by atoms with van der Waals surface area (Å²) in [6, 6.07) is 19.4. The van der Waals surface area contributed by atoms with Gasteiger partial charge in [-0.2, -0.15) is 0 Å². The summed E-state index contributed by atoms with van der Waals surface area (Å²) in [4.78, 5) is 28.3. The fourth-order valence-corrected chi connectivity index (χ4v) is 5.13. The summed E-state index contributed by atoms with van der Waals surface area (Å²) in [5.74, 6) is 1.39. The van der Waals surface area contributed by atoms with Gasteiger partial charge in [-0.3, -0.25) is 9.59 Å². The molecule has 9 heteroatoms. The van der Waals surface area contributed by atoms with Crippen molar-refractivity contribution in [1.29, 1.82) is 0 Å². The number of fused-ring (bicyclic) bond motifs is 2. The van der Waals surface area contributed by atoms with Gasteiger partial charge in [0.1, 0.15) is 11.8 Å². The maximum Gasteiger partial charge on any atom is 0.247 e. The minimum atomic E-state index is -0.454. The van der Waals surface area contributed by atoms with Gasteiger partial charge in [0.25, 0.3) is 0 Å². The average Bonchev–Trinajstić information content (AvgIpc) is 3.60. The Labute approximate surface area is 238 Å². The molecule has 1 atom stereocenters. The third kappa shape index (κ3) is 6.57. The van der Waals surface area contributed by atoms with E-state index >= 15 is 0 Å². The molecule has 5 aromatic rings. The van der Waals surface area contributed by atoms with E-state index < -0.39 is 6.04 Å². The number of amides is 2. The van der Waals surface area contributed by atoms with E-state index in [2.05, 4.69) is 31.9 Å². The van der Waals surface area contributed by atoms with E-state index in [9.17, 15) is 9.59 Å². The summed E-state index contributed by atoms with van der Waals surface area (Å²) in [5, 5.41) is 17.6. The zero-order valence-electron chi connectivity index (χ0n) is 23.6. The number of carbonyl (C=O) groups is 2. The molecule has 2 amide bonds. The highest BCUT2D eigenvalue weighted by Crippen LogP contribution is 2.29. The van der Waals surface area contributed by atoms with Gasteiger partial charge in [0, 0.05) is 35.6 Å². The Balaban J connectivity index is 1.34. The Bertz CT molecular complexity index is 1670. The predicted octanol–water partition coefficient (Wildman–Crippen LogP) is 5.78. The number of nitrogens with zero attached hydrogens (tertiary/aromatic N) is 2. The molecule has 0 fully saturated rings. The van der Waals surface area contributed by atoms with Crippen molar-refractivity contribution in [2.45, 2.75) is 51.5 Å². The van der Waals surface area contributed by atoms with E-state index in [1.165, 1.54) is 0 Å². The summed E-state index contributed by atoms with van der Waals surface area (Å²) in [6.45, 7) is 1.97. The van der Waals surface area contributed by atoms with Crippen molar-refractivity contribution in [2.75, 3.05) is 14.2 Å². The largest absolute Gasteiger partial charge is 0.497 e. The van der Waals surface area contributed by atoms with Gasteiger partial charge in [0.2, 0.25) is 23.6 Å². The first-order valence-corrected chi connectivity index (χ1v) is 13.9. The van der Waals surface area contributed by atoms with Crippen LogP contribution in [-0.2, 0) is 16.0 Å². The van der Waals surface area contributed by atoms with Gasteiger partial charge < -0.3 is 24.8 Å². The van der Waals surface area contributed by atoms with Crippen molar-refractivity contribution in [2.24, 2.45) is 0 Å². The molecule has 9 nitrogen and oxygen atoms in total. The first-order valence-electron chi connectivity index (χ1n) is 13.9. The van der Waals surface area contributed by atoms with Crippen LogP contribution < -0.4 is 15.4 Å². The molecule has 2 heterocycles. The van der Waals surface area contributed by atoms with Crippen molar-refractivity contribution in [3.8, 4) is 17.2 Å². The highest BCUT2D eigenvalue weighted by Gasteiger charge is 2.23. The maximum absolute atomic E-state index is 13.4. The molecule has 0 aliphatic rings. The summed E-state index contributed by atoms with van der Waals surface area (Å²) in [7, 11) is 3.27. The zero-order chi connectivity index (χ0) is 28.8. The Morgan fingerprint density at radius 1 is 0.976 bits per heavy atom. The lowest BCUT2D eigenvalue weighted by Gasteiger charge is -2.15. The van der Waals surface area contributed by atoms with Crippen LogP contribution in [0.1, 0.15) is 55.3 Å². The molecule has 0 radical (unpaired) electrons. The second kappa shape index (κ2) is 12.7. The molecular weight excluding hydrogens is 518 g/mol. The van der Waals surface area contributed by atoms with Crippen LogP contribution in [0.3, 0.4) is 0 Å². The number of hydrogen-bond donors (Lipinski definition) is 3. The predicted molar refractivity (Wildman–Crippen MR) is 159 cm³/mol. The van der Waals surface area contributed by atoms with Crippen LogP contribution in [0, 0.1) is 6.92 Å². The van der Waals surface area contributed by atoms with E-state index in [0.29, 0.717) is 24.6 Å². The number of benzene rings is 3. The van der Waals surface area contributed by atoms with Crippen LogP contribution in [-0.4, -0.2) is 41.2 Å². The lowest BCUT2D eigenvalue weighted by molar-refractivity contribution is -0.121. The van der Waals surface area contributed by atoms with Crippen LogP contribution in [0.4, 0.5) is 0 Å². The first-order chi connectivity index (χ1) is 19.9. The molecule has 3 N–H and O–H groups in total. The molecule has 0 saturated heterocycles. The van der Waals surface area contributed by atoms with E-state index in [-0.39, 0.29) is 18.2 Å². The number of aryl methyl sites for hydroxylation is 1. The number of nitrogens with one attached hydrogen (secondary N) is 3. The maximum atomic E-state index is 13.4. The monoisotopic (exact) mass is 553 g/mol. The van der Waals surface area contributed by atoms with Crippen molar-refractivity contribution >= 4 is 33.5 Å². The van der Waals surface area contributed by atoms with Crippen LogP contribution >= 0.6 is 0 Å². The van der Waals surface area contributed by atoms with Gasteiger partial charge >= 0.3 is 0 Å². The lowest BCUT2D eigenvalue weighted by Crippen LogP contribution is -2.30. The molecule has 212 valence electrons. The number of aromatic amines is 1. The van der Waals surface area contributed by atoms with Crippen LogP contribution in [0.5, 0.6) is 5.75 Å². The molecule has 1 unspecified atom stereocenters. The van der Waals surface area contributed by atoms with E-state index in [4.69, 9.17) is 9.15 Å². The van der Waals surface area contributed by atoms with Crippen LogP contribution in [0.15, 0.2) is 65.1 Å². The van der Waals surface area contributed by atoms with Crippen molar-refractivity contribution < 1.29 is 18.7 Å². The number of H-pyrrole nitrogens is 1. The van der Waals surface area contributed by atoms with E-state index in [0.717, 1.165) is 63.5 Å². The lowest BCUT2D eigenvalue weighted by atomic mass is 10.0. The van der Waals surface area contributed by atoms with Crippen molar-refractivity contribution in [3.63, 3.8) is 0 Å². The second-order valence-corrected chi connectivity index (χ2v) is 10.2. The van der Waals surface area contributed by atoms with Crippen molar-refractivity contribution in [3.05, 3.63) is 77.8 Å². The fourth-order valence-electron chi connectivity index (χ4n) is 5.13. The smallest absolute Gasteiger partial charge is 0.247 e. The Morgan fingerprint density at radius 2 is 1.80 bits per heavy atom. The van der Waals surface area contributed by atoms with Crippen molar-refractivity contribution in [1.82, 2.24) is 25.8 Å². The Morgan fingerprint density at radius 3 is 2.61 bits per heavy atom. The molecule has 0 saturated carbocycles. The van der Waals surface area contributed by atoms with Gasteiger partial charge in [-0.25, -0.2) is 0 Å². The third-order valence-electron chi connectivity index (χ3n) is 7.41. The van der Waals surface area contributed by atoms with E-state index in [1.54, 1.807) is 14.2 Å². The number of methoxy groups -OCH3 is 1. The molecule has 0 aliphatic heterocycles. The zero-order valence-corrected chi connectivity index (χ0v) is 23.6. The highest BCUT2D eigenvalue weighted by molar-refractivity contribution is 5.91. The number of hydrogen-bond acceptors (Lipinski definition) is 6. The topological polar surface area (TPSA) is 122 Å². The van der Waals surface area contributed by atoms with E-state index in [1.807, 2.05) is 61.5 Å². The standard InChI is InChI=1S/C32H35N5O4/c1-20-25(26-18-24(40-3)15-16-27(26)34-20)19-30(39)35-28(11-5-4-6-12-29(38)33-2)32-37-36-31(41-32)23-14-13-21-9-7-8-10-22(21)17-23/h7-10,13-18,28,34H,4-6,11-12,19H2,1-3H3,(H,33,38)(H,35,39). The molecule has 0 aliphatic carbocycles. The molecule has 0 spiro atoms. The van der Waals surface area contributed by atoms with Gasteiger partial charge in [-0.05, 0) is 66.4 Å². The molecule has 3 aromatic carbocycles. The number of aromatic nitrogens is 3. The van der Waals surface area contributed by atoms with Crippen LogP contribution in [0.25, 0.3) is 33.1 Å². The molecule has 2 aromatic heterocycles. The number of carbonyl (C=O) groups excluding carboxylic acids is 2. The minimum absolute atomic E-state index is 0.0255. The fraction of sp³-hybridized carbons (Fsp3) is 0.312. The average molecular weight is 554 g/mol. The summed E-state index contributed by atoms with van der Waals surface area (Å²) >= 11 is 0. The highest BCUT2D eigenvalue weighted by atomic mass is 16.5. The minimum Gasteiger partial charge on any atom is -0.497 e. The van der Waals surface area contributed by atoms with Gasteiger partial charge in [0.05, 0.1) is 13.5 Å². The first kappa shape index (κ1) is 27.9. The summed E-state index contributed by atoms with van der Waals surface area (Å²) < 4.78 is 11.5. The molecule has 5 rings (SSSR count). The number of ether oxygens (including phenoxy) is 1. The third-order valence-corrected chi connectivity index (χ3v) is 7.41. The SMILES string of the molecule is CNC(=O)CCCCCC(NC(=O)Cc1c(C)[nH]c2ccc(OC)cc12)c1nnc(-c2ccc3ccccc3c2)o1.